The first-order valence-corrected chi connectivity index (χ1v) is 5.44. The zero-order valence-corrected chi connectivity index (χ0v) is 11.4. The second-order valence-electron chi connectivity index (χ2n) is 3.60. The largest absolute Gasteiger partial charge is 0.507 e. The summed E-state index contributed by atoms with van der Waals surface area (Å²) in [6, 6.07) is 2.94. The van der Waals surface area contributed by atoms with Crippen LogP contribution in [0.4, 0.5) is 4.39 Å². The van der Waals surface area contributed by atoms with E-state index in [1.807, 2.05) is 0 Å². The van der Waals surface area contributed by atoms with Crippen molar-refractivity contribution >= 4 is 18.4 Å². The minimum absolute atomic E-state index is 0. The van der Waals surface area contributed by atoms with Crippen LogP contribution in [-0.4, -0.2) is 31.0 Å². The Morgan fingerprint density at radius 2 is 2.16 bits per heavy atom. The summed E-state index contributed by atoms with van der Waals surface area (Å²) < 4.78 is 23.1. The lowest BCUT2D eigenvalue weighted by Gasteiger charge is -2.17. The molecule has 0 spiro atoms. The van der Waals surface area contributed by atoms with Crippen molar-refractivity contribution in [2.24, 2.45) is 5.73 Å². The predicted molar refractivity (Wildman–Crippen MR) is 70.4 cm³/mol. The van der Waals surface area contributed by atoms with Crippen molar-refractivity contribution in [3.8, 4) is 11.5 Å². The van der Waals surface area contributed by atoms with Crippen LogP contribution in [-0.2, 0) is 9.53 Å². The molecule has 0 radical (unpaired) electrons. The lowest BCUT2D eigenvalue weighted by molar-refractivity contribution is -0.149. The predicted octanol–water partition coefficient (Wildman–Crippen LogP) is 1.72. The number of rotatable bonds is 5. The summed E-state index contributed by atoms with van der Waals surface area (Å²) in [5, 5.41) is 9.67. The highest BCUT2D eigenvalue weighted by Gasteiger charge is 2.29. The number of carbonyl (C=O) groups excluding carboxylic acids is 1. The lowest BCUT2D eigenvalue weighted by Crippen LogP contribution is -2.31. The molecule has 0 aliphatic rings. The number of phenols is 1. The van der Waals surface area contributed by atoms with Crippen LogP contribution in [0.3, 0.4) is 0 Å². The molecule has 0 bridgehead atoms. The van der Waals surface area contributed by atoms with Gasteiger partial charge in [-0.25, -0.2) is 9.18 Å². The number of halogens is 2. The maximum atomic E-state index is 13.7. The molecule has 0 saturated carbocycles. The van der Waals surface area contributed by atoms with E-state index < -0.39 is 18.2 Å². The Balaban J connectivity index is 0.00000324. The standard InChI is InChI=1S/C12H16FNO4.ClH/c1-3-18-12(16)10(13)11(14)8-5-4-7(17-2)6-9(8)15;/h4-6,10-11,15H,3,14H2,1-2H3;1H/t10?,11-;/m0./s1. The highest BCUT2D eigenvalue weighted by molar-refractivity contribution is 5.85. The quantitative estimate of drug-likeness (QED) is 0.808. The molecule has 0 amide bonds. The molecule has 2 atom stereocenters. The van der Waals surface area contributed by atoms with E-state index in [0.717, 1.165) is 0 Å². The molecule has 0 aromatic heterocycles. The van der Waals surface area contributed by atoms with Crippen LogP contribution >= 0.6 is 12.4 Å². The van der Waals surface area contributed by atoms with Gasteiger partial charge in [-0.2, -0.15) is 0 Å². The highest BCUT2D eigenvalue weighted by atomic mass is 35.5. The van der Waals surface area contributed by atoms with E-state index in [1.54, 1.807) is 6.92 Å². The van der Waals surface area contributed by atoms with Gasteiger partial charge in [0.25, 0.3) is 0 Å². The van der Waals surface area contributed by atoms with Crippen molar-refractivity contribution in [3.63, 3.8) is 0 Å². The first-order chi connectivity index (χ1) is 8.51. The summed E-state index contributed by atoms with van der Waals surface area (Å²) in [5.74, 6) is -0.857. The Hall–Kier alpha value is -1.53. The molecule has 0 fully saturated rings. The maximum Gasteiger partial charge on any atom is 0.342 e. The van der Waals surface area contributed by atoms with Crippen LogP contribution in [0.5, 0.6) is 11.5 Å². The second-order valence-corrected chi connectivity index (χ2v) is 3.60. The van der Waals surface area contributed by atoms with Gasteiger partial charge in [-0.05, 0) is 19.1 Å². The molecule has 1 aromatic rings. The molecule has 1 rings (SSSR count). The van der Waals surface area contributed by atoms with Gasteiger partial charge in [-0.3, -0.25) is 0 Å². The van der Waals surface area contributed by atoms with Crippen LogP contribution in [0.2, 0.25) is 0 Å². The number of ether oxygens (including phenoxy) is 2. The summed E-state index contributed by atoms with van der Waals surface area (Å²) in [6.07, 6.45) is -2.02. The van der Waals surface area contributed by atoms with Crippen LogP contribution in [0, 0.1) is 0 Å². The number of benzene rings is 1. The zero-order valence-electron chi connectivity index (χ0n) is 10.6. The van der Waals surface area contributed by atoms with Gasteiger partial charge in [0.2, 0.25) is 6.17 Å². The fourth-order valence-electron chi connectivity index (χ4n) is 1.46. The van der Waals surface area contributed by atoms with E-state index >= 15 is 0 Å². The number of alkyl halides is 1. The minimum atomic E-state index is -2.02. The number of hydrogen-bond donors (Lipinski definition) is 2. The normalized spacial score (nSPS) is 13.1. The maximum absolute atomic E-state index is 13.7. The number of phenolic OH excluding ortho intramolecular Hbond substituents is 1. The third-order valence-corrected chi connectivity index (χ3v) is 2.42. The van der Waals surface area contributed by atoms with Gasteiger partial charge in [-0.15, -0.1) is 12.4 Å². The Kier molecular flexibility index (Phi) is 7.18. The molecule has 108 valence electrons. The summed E-state index contributed by atoms with van der Waals surface area (Å²) in [4.78, 5) is 11.2. The molecule has 3 N–H and O–H groups in total. The monoisotopic (exact) mass is 293 g/mol. The summed E-state index contributed by atoms with van der Waals surface area (Å²) in [5.41, 5.74) is 5.71. The van der Waals surface area contributed by atoms with E-state index in [4.69, 9.17) is 10.5 Å². The van der Waals surface area contributed by atoms with Crippen molar-refractivity contribution < 1.29 is 23.8 Å². The Labute approximate surface area is 116 Å². The third kappa shape index (κ3) is 4.25. The number of hydrogen-bond acceptors (Lipinski definition) is 5. The van der Waals surface area contributed by atoms with Crippen LogP contribution in [0.15, 0.2) is 18.2 Å². The molecule has 7 heteroatoms. The summed E-state index contributed by atoms with van der Waals surface area (Å²) in [6.45, 7) is 1.64. The molecule has 0 aliphatic carbocycles. The van der Waals surface area contributed by atoms with Gasteiger partial charge in [0.05, 0.1) is 19.8 Å². The Morgan fingerprint density at radius 3 is 2.63 bits per heavy atom. The topological polar surface area (TPSA) is 81.8 Å². The Morgan fingerprint density at radius 1 is 1.53 bits per heavy atom. The molecular formula is C12H17ClFNO4. The van der Waals surface area contributed by atoms with Crippen LogP contribution in [0.25, 0.3) is 0 Å². The van der Waals surface area contributed by atoms with Gasteiger partial charge in [0.15, 0.2) is 0 Å². The molecule has 1 aromatic carbocycles. The van der Waals surface area contributed by atoms with Crippen molar-refractivity contribution in [1.82, 2.24) is 0 Å². The molecule has 0 heterocycles. The third-order valence-electron chi connectivity index (χ3n) is 2.42. The van der Waals surface area contributed by atoms with E-state index in [1.165, 1.54) is 25.3 Å². The lowest BCUT2D eigenvalue weighted by atomic mass is 10.0. The molecule has 0 saturated heterocycles. The average molecular weight is 294 g/mol. The van der Waals surface area contributed by atoms with Crippen LogP contribution < -0.4 is 10.5 Å². The first-order valence-electron chi connectivity index (χ1n) is 5.44. The number of nitrogens with two attached hydrogens (primary N) is 1. The first kappa shape index (κ1) is 17.5. The number of esters is 1. The molecule has 19 heavy (non-hydrogen) atoms. The van der Waals surface area contributed by atoms with Gasteiger partial charge < -0.3 is 20.3 Å². The Bertz CT molecular complexity index is 430. The molecule has 0 aliphatic heterocycles. The number of carbonyl (C=O) groups is 1. The number of methoxy groups -OCH3 is 1. The van der Waals surface area contributed by atoms with Crippen molar-refractivity contribution in [3.05, 3.63) is 23.8 Å². The zero-order chi connectivity index (χ0) is 13.7. The number of aromatic hydroxyl groups is 1. The van der Waals surface area contributed by atoms with E-state index in [0.29, 0.717) is 5.75 Å². The minimum Gasteiger partial charge on any atom is -0.507 e. The fourth-order valence-corrected chi connectivity index (χ4v) is 1.46. The van der Waals surface area contributed by atoms with Gasteiger partial charge in [-0.1, -0.05) is 0 Å². The van der Waals surface area contributed by atoms with E-state index in [-0.39, 0.29) is 30.3 Å². The summed E-state index contributed by atoms with van der Waals surface area (Å²) >= 11 is 0. The fraction of sp³-hybridized carbons (Fsp3) is 0.417. The second kappa shape index (κ2) is 7.81. The molecular weight excluding hydrogens is 277 g/mol. The van der Waals surface area contributed by atoms with E-state index in [2.05, 4.69) is 4.74 Å². The van der Waals surface area contributed by atoms with Crippen LogP contribution in [0.1, 0.15) is 18.5 Å². The average Bonchev–Trinajstić information content (AvgIpc) is 2.37. The molecule has 5 nitrogen and oxygen atoms in total. The van der Waals surface area contributed by atoms with Gasteiger partial charge in [0, 0.05) is 11.6 Å². The van der Waals surface area contributed by atoms with Crippen molar-refractivity contribution in [2.45, 2.75) is 19.1 Å². The highest BCUT2D eigenvalue weighted by Crippen LogP contribution is 2.30. The summed E-state index contributed by atoms with van der Waals surface area (Å²) in [7, 11) is 1.44. The van der Waals surface area contributed by atoms with E-state index in [9.17, 15) is 14.3 Å². The SMILES string of the molecule is CCOC(=O)C(F)[C@@H](N)c1ccc(OC)cc1O.Cl. The molecule has 1 unspecified atom stereocenters. The van der Waals surface area contributed by atoms with Gasteiger partial charge >= 0.3 is 5.97 Å². The van der Waals surface area contributed by atoms with Crippen molar-refractivity contribution in [1.29, 1.82) is 0 Å². The smallest absolute Gasteiger partial charge is 0.342 e. The van der Waals surface area contributed by atoms with Crippen molar-refractivity contribution in [2.75, 3.05) is 13.7 Å². The van der Waals surface area contributed by atoms with Gasteiger partial charge in [0.1, 0.15) is 11.5 Å².